The topological polar surface area (TPSA) is 105 Å². The smallest absolute Gasteiger partial charge is 0.325 e. The van der Waals surface area contributed by atoms with Crippen LogP contribution in [0.2, 0.25) is 0 Å². The molecule has 0 heterocycles. The summed E-state index contributed by atoms with van der Waals surface area (Å²) in [6.07, 6.45) is 1.06. The average molecular weight is 398 g/mol. The highest BCUT2D eigenvalue weighted by Crippen LogP contribution is 2.22. The van der Waals surface area contributed by atoms with E-state index in [2.05, 4.69) is 10.6 Å². The summed E-state index contributed by atoms with van der Waals surface area (Å²) in [5, 5.41) is 14.0. The van der Waals surface area contributed by atoms with Crippen molar-refractivity contribution in [3.63, 3.8) is 0 Å². The summed E-state index contributed by atoms with van der Waals surface area (Å²) in [4.78, 5) is 35.1. The molecule has 2 rings (SSSR count). The maximum absolute atomic E-state index is 12.3. The second-order valence-electron chi connectivity index (χ2n) is 6.98. The number of hydrogen-bond donors (Lipinski definition) is 3. The zero-order chi connectivity index (χ0) is 21.4. The van der Waals surface area contributed by atoms with Gasteiger partial charge in [-0.15, -0.1) is 0 Å². The maximum Gasteiger partial charge on any atom is 0.325 e. The van der Waals surface area contributed by atoms with E-state index in [1.54, 1.807) is 19.2 Å². The van der Waals surface area contributed by atoms with Crippen LogP contribution in [0.5, 0.6) is 5.75 Å². The molecule has 0 fully saturated rings. The van der Waals surface area contributed by atoms with E-state index < -0.39 is 17.9 Å². The number of hydrogen-bond acceptors (Lipinski definition) is 4. The SMILES string of the molecule is COc1ccccc1CC(C)CC(=O)Nc1ccc(C(=O)NC(C)C(=O)O)cc1. The lowest BCUT2D eigenvalue weighted by Gasteiger charge is -2.14. The molecule has 2 unspecified atom stereocenters. The Hall–Kier alpha value is -3.35. The Kier molecular flexibility index (Phi) is 7.77. The number of rotatable bonds is 9. The van der Waals surface area contributed by atoms with Crippen LogP contribution in [-0.2, 0) is 16.0 Å². The molecule has 2 atom stereocenters. The summed E-state index contributed by atoms with van der Waals surface area (Å²) in [5.41, 5.74) is 1.95. The van der Waals surface area contributed by atoms with Crippen LogP contribution in [0.3, 0.4) is 0 Å². The van der Waals surface area contributed by atoms with E-state index in [-0.39, 0.29) is 11.8 Å². The van der Waals surface area contributed by atoms with Crippen molar-refractivity contribution in [2.75, 3.05) is 12.4 Å². The Bertz CT molecular complexity index is 864. The minimum atomic E-state index is -1.11. The Morgan fingerprint density at radius 3 is 2.31 bits per heavy atom. The van der Waals surface area contributed by atoms with Crippen molar-refractivity contribution in [1.29, 1.82) is 0 Å². The van der Waals surface area contributed by atoms with E-state index in [0.29, 0.717) is 17.7 Å². The predicted octanol–water partition coefficient (Wildman–Crippen LogP) is 3.11. The molecule has 0 saturated carbocycles. The van der Waals surface area contributed by atoms with Gasteiger partial charge in [0.15, 0.2) is 0 Å². The summed E-state index contributed by atoms with van der Waals surface area (Å²) in [5.74, 6) is -0.781. The number of carboxylic acid groups (broad SMARTS) is 1. The van der Waals surface area contributed by atoms with E-state index in [1.807, 2.05) is 31.2 Å². The third-order valence-electron chi connectivity index (χ3n) is 4.44. The quantitative estimate of drug-likeness (QED) is 0.602. The lowest BCUT2D eigenvalue weighted by atomic mass is 9.97. The number of para-hydroxylation sites is 1. The molecule has 0 aromatic heterocycles. The van der Waals surface area contributed by atoms with E-state index in [0.717, 1.165) is 17.7 Å². The van der Waals surface area contributed by atoms with Gasteiger partial charge < -0.3 is 20.5 Å². The van der Waals surface area contributed by atoms with Crippen molar-refractivity contribution < 1.29 is 24.2 Å². The van der Waals surface area contributed by atoms with E-state index in [1.165, 1.54) is 19.1 Å². The Labute approximate surface area is 170 Å². The number of methoxy groups -OCH3 is 1. The van der Waals surface area contributed by atoms with Gasteiger partial charge in [0, 0.05) is 17.7 Å². The zero-order valence-corrected chi connectivity index (χ0v) is 16.8. The molecule has 7 heteroatoms. The molecule has 2 aromatic carbocycles. The van der Waals surface area contributed by atoms with E-state index in [4.69, 9.17) is 9.84 Å². The fourth-order valence-electron chi connectivity index (χ4n) is 2.89. The maximum atomic E-state index is 12.3. The van der Waals surface area contributed by atoms with Crippen LogP contribution in [-0.4, -0.2) is 36.0 Å². The van der Waals surface area contributed by atoms with Crippen molar-refractivity contribution in [3.8, 4) is 5.75 Å². The molecular formula is C22H26N2O5. The molecule has 0 aliphatic rings. The number of amides is 2. The van der Waals surface area contributed by atoms with Crippen LogP contribution in [0.4, 0.5) is 5.69 Å². The first kappa shape index (κ1) is 21.9. The first-order chi connectivity index (χ1) is 13.8. The Balaban J connectivity index is 1.88. The van der Waals surface area contributed by atoms with Gasteiger partial charge in [-0.3, -0.25) is 14.4 Å². The molecule has 2 aromatic rings. The Morgan fingerprint density at radius 1 is 1.03 bits per heavy atom. The van der Waals surface area contributed by atoms with Crippen LogP contribution >= 0.6 is 0 Å². The van der Waals surface area contributed by atoms with E-state index in [9.17, 15) is 14.4 Å². The number of benzene rings is 2. The molecule has 0 aliphatic heterocycles. The van der Waals surface area contributed by atoms with Crippen LogP contribution in [0, 0.1) is 5.92 Å². The average Bonchev–Trinajstić information content (AvgIpc) is 2.68. The lowest BCUT2D eigenvalue weighted by molar-refractivity contribution is -0.138. The van der Waals surface area contributed by atoms with Crippen LogP contribution in [0.25, 0.3) is 0 Å². The van der Waals surface area contributed by atoms with Gasteiger partial charge in [0.05, 0.1) is 7.11 Å². The van der Waals surface area contributed by atoms with Gasteiger partial charge >= 0.3 is 5.97 Å². The first-order valence-electron chi connectivity index (χ1n) is 9.35. The standard InChI is InChI=1S/C22H26N2O5/c1-14(12-17-6-4-5-7-19(17)29-3)13-20(25)24-18-10-8-16(9-11-18)21(26)23-15(2)22(27)28/h4-11,14-15H,12-13H2,1-3H3,(H,23,26)(H,24,25)(H,27,28). The second kappa shape index (κ2) is 10.3. The summed E-state index contributed by atoms with van der Waals surface area (Å²) >= 11 is 0. The van der Waals surface area contributed by atoms with Crippen LogP contribution < -0.4 is 15.4 Å². The lowest BCUT2D eigenvalue weighted by Crippen LogP contribution is -2.38. The molecule has 0 spiro atoms. The van der Waals surface area contributed by atoms with Crippen molar-refractivity contribution >= 4 is 23.5 Å². The van der Waals surface area contributed by atoms with Gasteiger partial charge in [0.2, 0.25) is 5.91 Å². The minimum Gasteiger partial charge on any atom is -0.496 e. The molecular weight excluding hydrogens is 372 g/mol. The Morgan fingerprint density at radius 2 is 1.69 bits per heavy atom. The number of nitrogens with one attached hydrogen (secondary N) is 2. The monoisotopic (exact) mass is 398 g/mol. The molecule has 0 bridgehead atoms. The zero-order valence-electron chi connectivity index (χ0n) is 16.8. The summed E-state index contributed by atoms with van der Waals surface area (Å²) in [6.45, 7) is 3.39. The number of carbonyl (C=O) groups is 3. The number of ether oxygens (including phenoxy) is 1. The highest BCUT2D eigenvalue weighted by Gasteiger charge is 2.16. The van der Waals surface area contributed by atoms with Gasteiger partial charge in [-0.05, 0) is 55.2 Å². The summed E-state index contributed by atoms with van der Waals surface area (Å²) in [7, 11) is 1.63. The molecule has 3 N–H and O–H groups in total. The molecule has 0 radical (unpaired) electrons. The second-order valence-corrected chi connectivity index (χ2v) is 6.98. The molecule has 0 saturated heterocycles. The van der Waals surface area contributed by atoms with Gasteiger partial charge in [-0.1, -0.05) is 25.1 Å². The fourth-order valence-corrected chi connectivity index (χ4v) is 2.89. The molecule has 2 amide bonds. The van der Waals surface area contributed by atoms with Gasteiger partial charge in [-0.2, -0.15) is 0 Å². The van der Waals surface area contributed by atoms with Crippen molar-refractivity contribution in [2.24, 2.45) is 5.92 Å². The highest BCUT2D eigenvalue weighted by molar-refractivity contribution is 5.97. The number of anilines is 1. The largest absolute Gasteiger partial charge is 0.496 e. The number of carbonyl (C=O) groups excluding carboxylic acids is 2. The van der Waals surface area contributed by atoms with Crippen molar-refractivity contribution in [1.82, 2.24) is 5.32 Å². The van der Waals surface area contributed by atoms with E-state index >= 15 is 0 Å². The van der Waals surface area contributed by atoms with Gasteiger partial charge in [0.25, 0.3) is 5.91 Å². The number of aliphatic carboxylic acids is 1. The van der Waals surface area contributed by atoms with Gasteiger partial charge in [-0.25, -0.2) is 0 Å². The molecule has 29 heavy (non-hydrogen) atoms. The van der Waals surface area contributed by atoms with Crippen molar-refractivity contribution in [2.45, 2.75) is 32.7 Å². The van der Waals surface area contributed by atoms with Crippen LogP contribution in [0.1, 0.15) is 36.2 Å². The van der Waals surface area contributed by atoms with Crippen molar-refractivity contribution in [3.05, 3.63) is 59.7 Å². The van der Waals surface area contributed by atoms with Gasteiger partial charge in [0.1, 0.15) is 11.8 Å². The first-order valence-corrected chi connectivity index (χ1v) is 9.35. The summed E-state index contributed by atoms with van der Waals surface area (Å²) in [6, 6.07) is 13.1. The third-order valence-corrected chi connectivity index (χ3v) is 4.44. The highest BCUT2D eigenvalue weighted by atomic mass is 16.5. The predicted molar refractivity (Wildman–Crippen MR) is 110 cm³/mol. The third kappa shape index (κ3) is 6.64. The fraction of sp³-hybridized carbons (Fsp3) is 0.318. The molecule has 154 valence electrons. The molecule has 7 nitrogen and oxygen atoms in total. The number of carboxylic acids is 1. The normalized spacial score (nSPS) is 12.5. The minimum absolute atomic E-state index is 0.119. The molecule has 0 aliphatic carbocycles. The van der Waals surface area contributed by atoms with Crippen LogP contribution in [0.15, 0.2) is 48.5 Å². The summed E-state index contributed by atoms with van der Waals surface area (Å²) < 4.78 is 5.35.